The number of fused-ring (bicyclic) bond motifs is 1. The Morgan fingerprint density at radius 2 is 1.62 bits per heavy atom. The van der Waals surface area contributed by atoms with Crippen LogP contribution in [-0.4, -0.2) is 49.3 Å². The molecule has 3 nitrogen and oxygen atoms in total. The van der Waals surface area contributed by atoms with Crippen LogP contribution >= 0.6 is 12.4 Å². The topological polar surface area (TPSA) is 15.7 Å². The summed E-state index contributed by atoms with van der Waals surface area (Å²) >= 11 is 0. The minimum Gasteiger partial charge on any atom is -0.379 e. The van der Waals surface area contributed by atoms with Gasteiger partial charge in [0.25, 0.3) is 0 Å². The molecule has 0 amide bonds. The molecule has 4 aliphatic rings. The second-order valence-electron chi connectivity index (χ2n) is 9.86. The van der Waals surface area contributed by atoms with Gasteiger partial charge in [-0.25, -0.2) is 0 Å². The van der Waals surface area contributed by atoms with Crippen LogP contribution < -0.4 is 4.90 Å². The molecule has 1 spiro atoms. The minimum atomic E-state index is 0. The number of hydrogen-bond acceptors (Lipinski definition) is 3. The van der Waals surface area contributed by atoms with Gasteiger partial charge in [-0.15, -0.1) is 12.4 Å². The summed E-state index contributed by atoms with van der Waals surface area (Å²) in [5.41, 5.74) is 1.59. The lowest BCUT2D eigenvalue weighted by Gasteiger charge is -2.56. The molecule has 5 rings (SSSR count). The summed E-state index contributed by atoms with van der Waals surface area (Å²) in [7, 11) is 1.93. The lowest BCUT2D eigenvalue weighted by molar-refractivity contribution is -0.0462. The lowest BCUT2D eigenvalue weighted by atomic mass is 9.63. The highest BCUT2D eigenvalue weighted by Crippen LogP contribution is 2.49. The maximum Gasteiger partial charge on any atom is 0.0820 e. The quantitative estimate of drug-likeness (QED) is 0.642. The average molecular weight is 419 g/mol. The van der Waals surface area contributed by atoms with Gasteiger partial charge < -0.3 is 9.64 Å². The van der Waals surface area contributed by atoms with Crippen molar-refractivity contribution < 1.29 is 4.74 Å². The van der Waals surface area contributed by atoms with Crippen LogP contribution in [-0.2, 0) is 4.74 Å². The zero-order chi connectivity index (χ0) is 19.0. The van der Waals surface area contributed by atoms with E-state index < -0.39 is 0 Å². The van der Waals surface area contributed by atoms with Gasteiger partial charge in [0.05, 0.1) is 11.6 Å². The Balaban J connectivity index is 0.00000205. The molecule has 1 aromatic carbocycles. The predicted octanol–water partition coefficient (Wildman–Crippen LogP) is 5.53. The molecule has 0 N–H and O–H groups in total. The van der Waals surface area contributed by atoms with E-state index in [1.165, 1.54) is 83.0 Å². The fourth-order valence-electron chi connectivity index (χ4n) is 7.18. The molecule has 2 aliphatic carbocycles. The van der Waals surface area contributed by atoms with Crippen LogP contribution in [0.4, 0.5) is 5.69 Å². The number of likely N-dealkylation sites (tertiary alicyclic amines) is 1. The fraction of sp³-hybridized carbons (Fsp3) is 0.760. The Morgan fingerprint density at radius 1 is 0.897 bits per heavy atom. The summed E-state index contributed by atoms with van der Waals surface area (Å²) in [6.07, 6.45) is 14.5. The molecule has 1 aromatic rings. The Bertz CT molecular complexity index is 645. The highest BCUT2D eigenvalue weighted by atomic mass is 35.5. The minimum absolute atomic E-state index is 0. The van der Waals surface area contributed by atoms with E-state index in [1.54, 1.807) is 0 Å². The van der Waals surface area contributed by atoms with Crippen molar-refractivity contribution in [1.82, 2.24) is 4.90 Å². The highest BCUT2D eigenvalue weighted by molar-refractivity contribution is 5.85. The first kappa shape index (κ1) is 21.5. The number of benzene rings is 1. The first-order valence-electron chi connectivity index (χ1n) is 11.9. The zero-order valence-electron chi connectivity index (χ0n) is 18.1. The third-order valence-corrected chi connectivity index (χ3v) is 8.74. The van der Waals surface area contributed by atoms with E-state index in [0.717, 1.165) is 24.4 Å². The van der Waals surface area contributed by atoms with Gasteiger partial charge >= 0.3 is 0 Å². The van der Waals surface area contributed by atoms with Crippen LogP contribution in [0.15, 0.2) is 30.3 Å². The molecule has 2 saturated carbocycles. The number of ether oxygens (including phenoxy) is 1. The second-order valence-corrected chi connectivity index (χ2v) is 9.86. The van der Waals surface area contributed by atoms with Gasteiger partial charge in [-0.05, 0) is 56.1 Å². The van der Waals surface area contributed by atoms with Crippen molar-refractivity contribution in [1.29, 1.82) is 0 Å². The van der Waals surface area contributed by atoms with Gasteiger partial charge in [-0.3, -0.25) is 4.90 Å². The summed E-state index contributed by atoms with van der Waals surface area (Å²) in [5, 5.41) is 0. The Labute approximate surface area is 183 Å². The summed E-state index contributed by atoms with van der Waals surface area (Å²) in [6, 6.07) is 12.0. The van der Waals surface area contributed by atoms with Crippen molar-refractivity contribution >= 4 is 18.1 Å². The SMILES string of the molecule is COC1CCN(c2ccccc2)C12CCN(C1CC3CCCCCCC31)CC2.Cl. The van der Waals surface area contributed by atoms with Crippen molar-refractivity contribution in [3.05, 3.63) is 30.3 Å². The third kappa shape index (κ3) is 3.83. The standard InChI is InChI=1S/C25H38N2O.ClH/c1-28-24-13-16-27(21-10-6-4-7-11-21)25(24)14-17-26(18-15-25)23-19-20-9-5-2-3-8-12-22(20)23;/h4,6-7,10-11,20,22-24H,2-3,5,8-9,12-19H2,1H3;1H. The molecule has 29 heavy (non-hydrogen) atoms. The summed E-state index contributed by atoms with van der Waals surface area (Å²) in [5.74, 6) is 2.04. The van der Waals surface area contributed by atoms with Crippen LogP contribution in [0.3, 0.4) is 0 Å². The summed E-state index contributed by atoms with van der Waals surface area (Å²) in [6.45, 7) is 3.66. The molecule has 162 valence electrons. The number of piperidine rings is 1. The van der Waals surface area contributed by atoms with E-state index in [0.29, 0.717) is 6.10 Å². The molecule has 2 saturated heterocycles. The van der Waals surface area contributed by atoms with Crippen LogP contribution in [0.25, 0.3) is 0 Å². The largest absolute Gasteiger partial charge is 0.379 e. The van der Waals surface area contributed by atoms with Gasteiger partial charge in [0.15, 0.2) is 0 Å². The van der Waals surface area contributed by atoms with Crippen LogP contribution in [0.5, 0.6) is 0 Å². The number of anilines is 1. The highest BCUT2D eigenvalue weighted by Gasteiger charge is 2.53. The fourth-order valence-corrected chi connectivity index (χ4v) is 7.18. The molecule has 0 radical (unpaired) electrons. The molecule has 4 fully saturated rings. The normalized spacial score (nSPS) is 34.6. The number of halogens is 1. The number of hydrogen-bond donors (Lipinski definition) is 0. The first-order valence-corrected chi connectivity index (χ1v) is 11.9. The molecule has 0 bridgehead atoms. The maximum atomic E-state index is 6.05. The van der Waals surface area contributed by atoms with E-state index in [2.05, 4.69) is 40.1 Å². The monoisotopic (exact) mass is 418 g/mol. The van der Waals surface area contributed by atoms with Crippen molar-refractivity contribution in [2.45, 2.75) is 81.9 Å². The molecule has 0 aromatic heterocycles. The Kier molecular flexibility index (Phi) is 6.78. The van der Waals surface area contributed by atoms with E-state index in [1.807, 2.05) is 7.11 Å². The van der Waals surface area contributed by atoms with Crippen LogP contribution in [0.1, 0.15) is 64.2 Å². The number of nitrogens with zero attached hydrogens (tertiary/aromatic N) is 2. The van der Waals surface area contributed by atoms with Gasteiger partial charge in [0.2, 0.25) is 0 Å². The maximum absolute atomic E-state index is 6.05. The Hall–Kier alpha value is -0.770. The average Bonchev–Trinajstić information content (AvgIpc) is 3.07. The van der Waals surface area contributed by atoms with Crippen molar-refractivity contribution in [2.24, 2.45) is 11.8 Å². The molecule has 4 unspecified atom stereocenters. The lowest BCUT2D eigenvalue weighted by Crippen LogP contribution is -2.62. The number of rotatable bonds is 3. The molecule has 4 heteroatoms. The van der Waals surface area contributed by atoms with Crippen molar-refractivity contribution in [3.63, 3.8) is 0 Å². The molecule has 2 heterocycles. The van der Waals surface area contributed by atoms with Crippen molar-refractivity contribution in [3.8, 4) is 0 Å². The Morgan fingerprint density at radius 3 is 2.34 bits per heavy atom. The summed E-state index contributed by atoms with van der Waals surface area (Å²) < 4.78 is 6.05. The second kappa shape index (κ2) is 9.16. The third-order valence-electron chi connectivity index (χ3n) is 8.74. The predicted molar refractivity (Wildman–Crippen MR) is 123 cm³/mol. The summed E-state index contributed by atoms with van der Waals surface area (Å²) in [4.78, 5) is 5.57. The number of methoxy groups -OCH3 is 1. The molecule has 2 aliphatic heterocycles. The number of para-hydroxylation sites is 1. The van der Waals surface area contributed by atoms with Gasteiger partial charge in [-0.2, -0.15) is 0 Å². The van der Waals surface area contributed by atoms with Gasteiger partial charge in [-0.1, -0.05) is 50.3 Å². The van der Waals surface area contributed by atoms with E-state index in [9.17, 15) is 0 Å². The molecule has 4 atom stereocenters. The van der Waals surface area contributed by atoms with Gasteiger partial charge in [0.1, 0.15) is 0 Å². The van der Waals surface area contributed by atoms with Crippen LogP contribution in [0, 0.1) is 11.8 Å². The first-order chi connectivity index (χ1) is 13.8. The van der Waals surface area contributed by atoms with Gasteiger partial charge in [0, 0.05) is 38.5 Å². The molecular formula is C25H39ClN2O. The van der Waals surface area contributed by atoms with Crippen LogP contribution in [0.2, 0.25) is 0 Å². The molecular weight excluding hydrogens is 380 g/mol. The van der Waals surface area contributed by atoms with E-state index >= 15 is 0 Å². The van der Waals surface area contributed by atoms with E-state index in [-0.39, 0.29) is 17.9 Å². The zero-order valence-corrected chi connectivity index (χ0v) is 18.9. The smallest absolute Gasteiger partial charge is 0.0820 e. The van der Waals surface area contributed by atoms with Crippen molar-refractivity contribution in [2.75, 3.05) is 31.6 Å². The van der Waals surface area contributed by atoms with E-state index in [4.69, 9.17) is 4.74 Å².